The summed E-state index contributed by atoms with van der Waals surface area (Å²) in [5.41, 5.74) is -1.00. The molecule has 0 aromatic carbocycles. The topological polar surface area (TPSA) is 49.6 Å². The van der Waals surface area contributed by atoms with Crippen LogP contribution in [-0.4, -0.2) is 62.1 Å². The molecule has 0 spiro atoms. The number of imidazole rings is 1. The van der Waals surface area contributed by atoms with E-state index in [9.17, 15) is 26.3 Å². The molecule has 4 rings (SSSR count). The van der Waals surface area contributed by atoms with Crippen molar-refractivity contribution in [3.05, 3.63) is 42.4 Å². The van der Waals surface area contributed by atoms with Gasteiger partial charge in [-0.15, -0.1) is 0 Å². The normalized spacial score (nSPS) is 17.8. The Morgan fingerprint density at radius 3 is 2.41 bits per heavy atom. The summed E-state index contributed by atoms with van der Waals surface area (Å²) in [5.74, 6) is 0.654. The highest BCUT2D eigenvalue weighted by molar-refractivity contribution is 5.59. The average Bonchev–Trinajstić information content (AvgIpc) is 3.11. The average molecular weight is 458 g/mol. The van der Waals surface area contributed by atoms with E-state index in [0.29, 0.717) is 24.6 Å². The van der Waals surface area contributed by atoms with Crippen molar-refractivity contribution in [2.24, 2.45) is 0 Å². The molecule has 0 bridgehead atoms. The summed E-state index contributed by atoms with van der Waals surface area (Å²) in [4.78, 5) is 16.0. The SMILES string of the molecule is CC1(C)CN(c2ccnc(-c3cnc4ccc(C(F)(F)F)cn34)n2)CCN1CC(F)(F)F. The van der Waals surface area contributed by atoms with Crippen LogP contribution in [0.3, 0.4) is 0 Å². The lowest BCUT2D eigenvalue weighted by Crippen LogP contribution is -2.61. The molecule has 0 atom stereocenters. The third-order valence-electron chi connectivity index (χ3n) is 5.47. The molecule has 3 aromatic rings. The molecule has 172 valence electrons. The zero-order chi connectivity index (χ0) is 23.3. The van der Waals surface area contributed by atoms with E-state index in [0.717, 1.165) is 12.3 Å². The Balaban J connectivity index is 1.63. The van der Waals surface area contributed by atoms with Crippen LogP contribution in [0.1, 0.15) is 19.4 Å². The Bertz CT molecular complexity index is 1120. The molecule has 4 heterocycles. The van der Waals surface area contributed by atoms with E-state index in [1.807, 2.05) is 4.90 Å². The third-order valence-corrected chi connectivity index (χ3v) is 5.47. The number of fused-ring (bicyclic) bond motifs is 1. The summed E-state index contributed by atoms with van der Waals surface area (Å²) in [6.45, 7) is 3.28. The predicted octanol–water partition coefficient (Wildman–Crippen LogP) is 4.27. The summed E-state index contributed by atoms with van der Waals surface area (Å²) >= 11 is 0. The van der Waals surface area contributed by atoms with Crippen LogP contribution in [0.2, 0.25) is 0 Å². The monoisotopic (exact) mass is 458 g/mol. The quantitative estimate of drug-likeness (QED) is 0.549. The first-order chi connectivity index (χ1) is 14.8. The van der Waals surface area contributed by atoms with Crippen molar-refractivity contribution in [3.63, 3.8) is 0 Å². The number of nitrogens with zero attached hydrogens (tertiary/aromatic N) is 6. The number of halogens is 6. The minimum atomic E-state index is -4.51. The molecule has 0 aliphatic carbocycles. The van der Waals surface area contributed by atoms with Gasteiger partial charge in [-0.2, -0.15) is 26.3 Å². The van der Waals surface area contributed by atoms with Crippen LogP contribution < -0.4 is 4.90 Å². The number of pyridine rings is 1. The molecule has 1 saturated heterocycles. The molecule has 0 N–H and O–H groups in total. The van der Waals surface area contributed by atoms with E-state index in [2.05, 4.69) is 15.0 Å². The number of alkyl halides is 6. The minimum Gasteiger partial charge on any atom is -0.353 e. The first-order valence-electron chi connectivity index (χ1n) is 9.78. The van der Waals surface area contributed by atoms with Crippen molar-refractivity contribution >= 4 is 11.5 Å². The first kappa shape index (κ1) is 22.3. The number of piperazine rings is 1. The van der Waals surface area contributed by atoms with Crippen molar-refractivity contribution in [2.45, 2.75) is 31.7 Å². The maximum Gasteiger partial charge on any atom is 0.417 e. The van der Waals surface area contributed by atoms with Crippen molar-refractivity contribution in [1.29, 1.82) is 0 Å². The van der Waals surface area contributed by atoms with E-state index in [-0.39, 0.29) is 18.1 Å². The Morgan fingerprint density at radius 2 is 1.75 bits per heavy atom. The van der Waals surface area contributed by atoms with Crippen LogP contribution in [0.5, 0.6) is 0 Å². The lowest BCUT2D eigenvalue weighted by atomic mass is 9.98. The molecule has 3 aromatic heterocycles. The van der Waals surface area contributed by atoms with Crippen LogP contribution >= 0.6 is 0 Å². The van der Waals surface area contributed by atoms with Gasteiger partial charge in [0.15, 0.2) is 5.82 Å². The third kappa shape index (κ3) is 4.50. The van der Waals surface area contributed by atoms with Gasteiger partial charge < -0.3 is 4.90 Å². The molecule has 12 heteroatoms. The van der Waals surface area contributed by atoms with Crippen LogP contribution in [-0.2, 0) is 6.18 Å². The Hall–Kier alpha value is -2.89. The first-order valence-corrected chi connectivity index (χ1v) is 9.78. The van der Waals surface area contributed by atoms with Gasteiger partial charge in [0.05, 0.1) is 18.3 Å². The summed E-state index contributed by atoms with van der Waals surface area (Å²) in [6.07, 6.45) is -5.01. The van der Waals surface area contributed by atoms with Gasteiger partial charge in [0, 0.05) is 37.6 Å². The standard InChI is InChI=1S/C20H20F6N6/c1-18(2)11-30(7-8-31(18)12-19(21,22)23)16-5-6-27-17(29-16)14-9-28-15-4-3-13(10-32(14)15)20(24,25)26/h3-6,9-10H,7-8,11-12H2,1-2H3. The molecule has 0 saturated carbocycles. The van der Waals surface area contributed by atoms with E-state index in [4.69, 9.17) is 0 Å². The number of hydrogen-bond acceptors (Lipinski definition) is 5. The van der Waals surface area contributed by atoms with E-state index >= 15 is 0 Å². The molecule has 6 nitrogen and oxygen atoms in total. The second-order valence-electron chi connectivity index (χ2n) is 8.30. The summed E-state index contributed by atoms with van der Waals surface area (Å²) in [5, 5.41) is 0. The molecule has 0 radical (unpaired) electrons. The number of hydrogen-bond donors (Lipinski definition) is 0. The highest BCUT2D eigenvalue weighted by atomic mass is 19.4. The van der Waals surface area contributed by atoms with Gasteiger partial charge >= 0.3 is 12.4 Å². The molecule has 1 aliphatic rings. The van der Waals surface area contributed by atoms with Crippen LogP contribution in [0.4, 0.5) is 32.2 Å². The maximum absolute atomic E-state index is 13.1. The zero-order valence-electron chi connectivity index (χ0n) is 17.2. The Kier molecular flexibility index (Phi) is 5.30. The van der Waals surface area contributed by atoms with E-state index in [1.165, 1.54) is 27.8 Å². The van der Waals surface area contributed by atoms with Crippen molar-refractivity contribution in [2.75, 3.05) is 31.1 Å². The van der Waals surface area contributed by atoms with Gasteiger partial charge in [-0.1, -0.05) is 0 Å². The summed E-state index contributed by atoms with van der Waals surface area (Å²) < 4.78 is 79.3. The largest absolute Gasteiger partial charge is 0.417 e. The minimum absolute atomic E-state index is 0.171. The van der Waals surface area contributed by atoms with Gasteiger partial charge in [-0.25, -0.2) is 15.0 Å². The smallest absolute Gasteiger partial charge is 0.353 e. The van der Waals surface area contributed by atoms with Gasteiger partial charge in [0.1, 0.15) is 17.2 Å². The molecule has 0 unspecified atom stereocenters. The van der Waals surface area contributed by atoms with Gasteiger partial charge in [0.2, 0.25) is 0 Å². The zero-order valence-corrected chi connectivity index (χ0v) is 17.2. The molecule has 32 heavy (non-hydrogen) atoms. The second kappa shape index (κ2) is 7.61. The van der Waals surface area contributed by atoms with Gasteiger partial charge in [0.25, 0.3) is 0 Å². The van der Waals surface area contributed by atoms with Crippen LogP contribution in [0.25, 0.3) is 17.2 Å². The fourth-order valence-corrected chi connectivity index (χ4v) is 3.86. The fourth-order valence-electron chi connectivity index (χ4n) is 3.86. The van der Waals surface area contributed by atoms with Crippen molar-refractivity contribution in [3.8, 4) is 11.5 Å². The lowest BCUT2D eigenvalue weighted by Gasteiger charge is -2.47. The number of aromatic nitrogens is 4. The van der Waals surface area contributed by atoms with Crippen LogP contribution in [0, 0.1) is 0 Å². The van der Waals surface area contributed by atoms with E-state index in [1.54, 1.807) is 19.9 Å². The summed E-state index contributed by atoms with van der Waals surface area (Å²) in [7, 11) is 0. The van der Waals surface area contributed by atoms with Gasteiger partial charge in [-0.3, -0.25) is 9.30 Å². The molecular formula is C20H20F6N6. The van der Waals surface area contributed by atoms with Crippen molar-refractivity contribution in [1.82, 2.24) is 24.3 Å². The molecule has 0 amide bonds. The Morgan fingerprint density at radius 1 is 1.00 bits per heavy atom. The maximum atomic E-state index is 13.1. The molecular weight excluding hydrogens is 438 g/mol. The highest BCUT2D eigenvalue weighted by Crippen LogP contribution is 2.31. The Labute approximate surface area is 179 Å². The predicted molar refractivity (Wildman–Crippen MR) is 105 cm³/mol. The lowest BCUT2D eigenvalue weighted by molar-refractivity contribution is -0.158. The second-order valence-corrected chi connectivity index (χ2v) is 8.30. The van der Waals surface area contributed by atoms with Gasteiger partial charge in [-0.05, 0) is 32.0 Å². The van der Waals surface area contributed by atoms with Crippen molar-refractivity contribution < 1.29 is 26.3 Å². The van der Waals surface area contributed by atoms with E-state index < -0.39 is 30.0 Å². The molecule has 1 fully saturated rings. The fraction of sp³-hybridized carbons (Fsp3) is 0.450. The molecule has 1 aliphatic heterocycles. The number of rotatable bonds is 3. The number of anilines is 1. The summed E-state index contributed by atoms with van der Waals surface area (Å²) in [6, 6.07) is 3.84. The highest BCUT2D eigenvalue weighted by Gasteiger charge is 2.41. The van der Waals surface area contributed by atoms with Crippen LogP contribution in [0.15, 0.2) is 36.8 Å².